The molecule has 0 bridgehead atoms. The van der Waals surface area contributed by atoms with Crippen LogP contribution < -0.4 is 14.8 Å². The molecule has 19 heavy (non-hydrogen) atoms. The van der Waals surface area contributed by atoms with Gasteiger partial charge in [0.15, 0.2) is 6.10 Å². The minimum Gasteiger partial charge on any atom is -0.497 e. The Morgan fingerprint density at radius 2 is 1.95 bits per heavy atom. The van der Waals surface area contributed by atoms with E-state index >= 15 is 0 Å². The molecule has 106 valence electrons. The van der Waals surface area contributed by atoms with Crippen molar-refractivity contribution in [1.29, 1.82) is 0 Å². The van der Waals surface area contributed by atoms with E-state index in [0.717, 1.165) is 6.42 Å². The Morgan fingerprint density at radius 1 is 1.26 bits per heavy atom. The lowest BCUT2D eigenvalue weighted by atomic mass is 10.1. The quantitative estimate of drug-likeness (QED) is 0.824. The van der Waals surface area contributed by atoms with Gasteiger partial charge in [0.1, 0.15) is 11.5 Å². The van der Waals surface area contributed by atoms with Gasteiger partial charge in [-0.05, 0) is 31.4 Å². The van der Waals surface area contributed by atoms with Gasteiger partial charge >= 0.3 is 0 Å². The molecule has 1 aromatic carbocycles. The highest BCUT2D eigenvalue weighted by Crippen LogP contribution is 2.19. The zero-order valence-corrected chi connectivity index (χ0v) is 12.1. The third kappa shape index (κ3) is 5.64. The van der Waals surface area contributed by atoms with E-state index in [2.05, 4.69) is 19.2 Å². The number of nitrogens with one attached hydrogen (secondary N) is 1. The van der Waals surface area contributed by atoms with Crippen LogP contribution in [0, 0.1) is 5.92 Å². The van der Waals surface area contributed by atoms with Gasteiger partial charge in [-0.3, -0.25) is 4.79 Å². The first kappa shape index (κ1) is 15.3. The molecule has 1 rings (SSSR count). The molecule has 0 fully saturated rings. The Kier molecular flexibility index (Phi) is 6.19. The number of hydrogen-bond acceptors (Lipinski definition) is 3. The van der Waals surface area contributed by atoms with Crippen LogP contribution in [-0.4, -0.2) is 25.7 Å². The van der Waals surface area contributed by atoms with Crippen LogP contribution in [0.5, 0.6) is 11.5 Å². The molecule has 0 unspecified atom stereocenters. The minimum atomic E-state index is -0.515. The highest BCUT2D eigenvalue weighted by Gasteiger charge is 2.14. The Morgan fingerprint density at radius 3 is 2.58 bits per heavy atom. The van der Waals surface area contributed by atoms with Gasteiger partial charge in [0.05, 0.1) is 7.11 Å². The Balaban J connectivity index is 2.44. The summed E-state index contributed by atoms with van der Waals surface area (Å²) in [7, 11) is 1.60. The Hall–Kier alpha value is -1.71. The molecule has 0 radical (unpaired) electrons. The van der Waals surface area contributed by atoms with Crippen LogP contribution in [0.25, 0.3) is 0 Å². The van der Waals surface area contributed by atoms with Crippen LogP contribution in [-0.2, 0) is 4.79 Å². The Labute approximate surface area is 115 Å². The zero-order valence-electron chi connectivity index (χ0n) is 12.1. The van der Waals surface area contributed by atoms with E-state index in [4.69, 9.17) is 9.47 Å². The van der Waals surface area contributed by atoms with E-state index in [-0.39, 0.29) is 5.91 Å². The van der Waals surface area contributed by atoms with Crippen molar-refractivity contribution in [3.05, 3.63) is 24.3 Å². The lowest BCUT2D eigenvalue weighted by Crippen LogP contribution is -2.37. The molecule has 4 nitrogen and oxygen atoms in total. The highest BCUT2D eigenvalue weighted by molar-refractivity contribution is 5.80. The van der Waals surface area contributed by atoms with E-state index in [1.54, 1.807) is 26.2 Å². The van der Waals surface area contributed by atoms with Gasteiger partial charge in [-0.2, -0.15) is 0 Å². The topological polar surface area (TPSA) is 47.6 Å². The maximum absolute atomic E-state index is 11.8. The second-order valence-corrected chi connectivity index (χ2v) is 4.91. The molecule has 4 heteroatoms. The summed E-state index contributed by atoms with van der Waals surface area (Å²) in [5, 5.41) is 2.87. The number of carbonyl (C=O) groups is 1. The van der Waals surface area contributed by atoms with Crippen LogP contribution in [0.4, 0.5) is 0 Å². The molecule has 1 atom stereocenters. The van der Waals surface area contributed by atoms with Gasteiger partial charge in [0.25, 0.3) is 5.91 Å². The fraction of sp³-hybridized carbons (Fsp3) is 0.533. The van der Waals surface area contributed by atoms with Gasteiger partial charge in [-0.25, -0.2) is 0 Å². The van der Waals surface area contributed by atoms with Gasteiger partial charge in [-0.1, -0.05) is 19.9 Å². The number of carbonyl (C=O) groups excluding carboxylic acids is 1. The van der Waals surface area contributed by atoms with Crippen LogP contribution in [0.2, 0.25) is 0 Å². The number of rotatable bonds is 7. The smallest absolute Gasteiger partial charge is 0.260 e. The summed E-state index contributed by atoms with van der Waals surface area (Å²) in [6.07, 6.45) is 0.455. The fourth-order valence-electron chi connectivity index (χ4n) is 1.56. The van der Waals surface area contributed by atoms with Gasteiger partial charge in [-0.15, -0.1) is 0 Å². The van der Waals surface area contributed by atoms with Crippen molar-refractivity contribution in [1.82, 2.24) is 5.32 Å². The van der Waals surface area contributed by atoms with Crippen molar-refractivity contribution >= 4 is 5.91 Å². The first-order chi connectivity index (χ1) is 9.02. The molecule has 1 N–H and O–H groups in total. The second kappa shape index (κ2) is 7.67. The molecule has 0 aromatic heterocycles. The molecule has 0 aliphatic heterocycles. The lowest BCUT2D eigenvalue weighted by molar-refractivity contribution is -0.127. The van der Waals surface area contributed by atoms with Gasteiger partial charge < -0.3 is 14.8 Å². The maximum atomic E-state index is 11.8. The molecule has 0 saturated carbocycles. The van der Waals surface area contributed by atoms with Crippen molar-refractivity contribution in [3.8, 4) is 11.5 Å². The minimum absolute atomic E-state index is 0.0940. The summed E-state index contributed by atoms with van der Waals surface area (Å²) in [6, 6.07) is 7.23. The third-order valence-corrected chi connectivity index (χ3v) is 2.74. The van der Waals surface area contributed by atoms with Crippen LogP contribution in [0.1, 0.15) is 27.2 Å². The fourth-order valence-corrected chi connectivity index (χ4v) is 1.56. The molecular formula is C15H23NO3. The van der Waals surface area contributed by atoms with Crippen molar-refractivity contribution in [2.24, 2.45) is 5.92 Å². The first-order valence-corrected chi connectivity index (χ1v) is 6.61. The SMILES string of the molecule is COc1cccc(O[C@H](C)C(=O)NCCC(C)C)c1. The number of methoxy groups -OCH3 is 1. The van der Waals surface area contributed by atoms with Gasteiger partial charge in [0.2, 0.25) is 0 Å². The molecule has 0 saturated heterocycles. The zero-order chi connectivity index (χ0) is 14.3. The van der Waals surface area contributed by atoms with Crippen molar-refractivity contribution in [2.75, 3.05) is 13.7 Å². The largest absolute Gasteiger partial charge is 0.497 e. The predicted octanol–water partition coefficient (Wildman–Crippen LogP) is 2.62. The van der Waals surface area contributed by atoms with Crippen molar-refractivity contribution in [2.45, 2.75) is 33.3 Å². The molecule has 1 aromatic rings. The monoisotopic (exact) mass is 265 g/mol. The van der Waals surface area contributed by atoms with Crippen LogP contribution in [0.3, 0.4) is 0 Å². The van der Waals surface area contributed by atoms with E-state index < -0.39 is 6.10 Å². The van der Waals surface area contributed by atoms with Crippen LogP contribution in [0.15, 0.2) is 24.3 Å². The van der Waals surface area contributed by atoms with Crippen molar-refractivity contribution < 1.29 is 14.3 Å². The van der Waals surface area contributed by atoms with E-state index in [1.807, 2.05) is 12.1 Å². The number of benzene rings is 1. The van der Waals surface area contributed by atoms with Gasteiger partial charge in [0, 0.05) is 12.6 Å². The summed E-state index contributed by atoms with van der Waals surface area (Å²) in [5.41, 5.74) is 0. The molecule has 0 spiro atoms. The van der Waals surface area contributed by atoms with E-state index in [9.17, 15) is 4.79 Å². The summed E-state index contributed by atoms with van der Waals surface area (Å²) in [4.78, 5) is 11.8. The number of amides is 1. The predicted molar refractivity (Wildman–Crippen MR) is 75.5 cm³/mol. The van der Waals surface area contributed by atoms with Crippen molar-refractivity contribution in [3.63, 3.8) is 0 Å². The summed E-state index contributed by atoms with van der Waals surface area (Å²) in [5.74, 6) is 1.83. The normalized spacial score (nSPS) is 12.1. The number of hydrogen-bond donors (Lipinski definition) is 1. The lowest BCUT2D eigenvalue weighted by Gasteiger charge is -2.15. The Bertz CT molecular complexity index is 404. The standard InChI is InChI=1S/C15H23NO3/c1-11(2)8-9-16-15(17)12(3)19-14-7-5-6-13(10-14)18-4/h5-7,10-12H,8-9H2,1-4H3,(H,16,17)/t12-/m1/s1. The third-order valence-electron chi connectivity index (χ3n) is 2.74. The summed E-state index contributed by atoms with van der Waals surface area (Å²) >= 11 is 0. The second-order valence-electron chi connectivity index (χ2n) is 4.91. The number of ether oxygens (including phenoxy) is 2. The van der Waals surface area contributed by atoms with E-state index in [1.165, 1.54) is 0 Å². The highest BCUT2D eigenvalue weighted by atomic mass is 16.5. The molecule has 0 heterocycles. The average molecular weight is 265 g/mol. The molecule has 0 aliphatic carbocycles. The van der Waals surface area contributed by atoms with E-state index in [0.29, 0.717) is 24.0 Å². The molecule has 1 amide bonds. The summed E-state index contributed by atoms with van der Waals surface area (Å²) < 4.78 is 10.7. The summed E-state index contributed by atoms with van der Waals surface area (Å²) in [6.45, 7) is 6.68. The maximum Gasteiger partial charge on any atom is 0.260 e. The van der Waals surface area contributed by atoms with Crippen LogP contribution >= 0.6 is 0 Å². The first-order valence-electron chi connectivity index (χ1n) is 6.61. The molecular weight excluding hydrogens is 242 g/mol. The molecule has 0 aliphatic rings. The average Bonchev–Trinajstić information content (AvgIpc) is 2.38.